The van der Waals surface area contributed by atoms with Crippen molar-refractivity contribution in [1.82, 2.24) is 14.6 Å². The van der Waals surface area contributed by atoms with Gasteiger partial charge in [-0.05, 0) is 30.3 Å². The maximum Gasteiger partial charge on any atom is 0.452 e. The number of fused-ring (bicyclic) bond motifs is 1. The molecule has 0 aliphatic rings. The zero-order valence-electron chi connectivity index (χ0n) is 11.5. The Morgan fingerprint density at radius 3 is 2.65 bits per heavy atom. The largest absolute Gasteiger partial charge is 0.452 e. The number of carbonyl (C=O) groups excluding carboxylic acids is 1. The summed E-state index contributed by atoms with van der Waals surface area (Å²) in [5.74, 6) is -1.76. The van der Waals surface area contributed by atoms with Crippen LogP contribution in [0.25, 0.3) is 5.65 Å². The fourth-order valence-corrected chi connectivity index (χ4v) is 2.04. The Morgan fingerprint density at radius 1 is 1.17 bits per heavy atom. The minimum absolute atomic E-state index is 0.00201. The number of alkyl halides is 3. The number of anilines is 2. The highest BCUT2D eigenvalue weighted by molar-refractivity contribution is 6.04. The number of nitrogens with one attached hydrogen (secondary N) is 1. The molecule has 0 atom stereocenters. The van der Waals surface area contributed by atoms with Crippen molar-refractivity contribution in [3.63, 3.8) is 0 Å². The number of nitrogens with two attached hydrogens (primary N) is 1. The van der Waals surface area contributed by atoms with Crippen molar-refractivity contribution in [2.24, 2.45) is 0 Å². The van der Waals surface area contributed by atoms with E-state index in [9.17, 15) is 18.0 Å². The molecule has 1 amide bonds. The smallest absolute Gasteiger partial charge is 0.399 e. The molecule has 6 nitrogen and oxygen atoms in total. The van der Waals surface area contributed by atoms with E-state index in [1.54, 1.807) is 18.2 Å². The summed E-state index contributed by atoms with van der Waals surface area (Å²) in [4.78, 5) is 12.2. The molecule has 2 aromatic heterocycles. The lowest BCUT2D eigenvalue weighted by Crippen LogP contribution is -2.15. The molecule has 0 spiro atoms. The third-order valence-electron chi connectivity index (χ3n) is 3.06. The number of halogens is 3. The van der Waals surface area contributed by atoms with E-state index >= 15 is 0 Å². The van der Waals surface area contributed by atoms with Crippen molar-refractivity contribution in [2.75, 3.05) is 11.1 Å². The van der Waals surface area contributed by atoms with Gasteiger partial charge in [-0.25, -0.2) is 0 Å². The van der Waals surface area contributed by atoms with E-state index in [1.165, 1.54) is 18.2 Å². The average molecular weight is 321 g/mol. The molecule has 0 aliphatic carbocycles. The van der Waals surface area contributed by atoms with E-state index in [4.69, 9.17) is 5.73 Å². The van der Waals surface area contributed by atoms with Crippen LogP contribution in [-0.2, 0) is 6.18 Å². The maximum atomic E-state index is 12.8. The van der Waals surface area contributed by atoms with E-state index in [0.29, 0.717) is 11.4 Å². The average Bonchev–Trinajstić information content (AvgIpc) is 2.90. The summed E-state index contributed by atoms with van der Waals surface area (Å²) in [5.41, 5.74) is 6.53. The predicted molar refractivity (Wildman–Crippen MR) is 76.8 cm³/mol. The molecule has 3 aromatic rings. The van der Waals surface area contributed by atoms with E-state index < -0.39 is 17.9 Å². The second-order valence-corrected chi connectivity index (χ2v) is 4.75. The van der Waals surface area contributed by atoms with Gasteiger partial charge in [0.25, 0.3) is 5.91 Å². The van der Waals surface area contributed by atoms with Gasteiger partial charge in [0.2, 0.25) is 5.82 Å². The van der Waals surface area contributed by atoms with E-state index in [-0.39, 0.29) is 11.2 Å². The Morgan fingerprint density at radius 2 is 1.96 bits per heavy atom. The molecule has 0 radical (unpaired) electrons. The van der Waals surface area contributed by atoms with Gasteiger partial charge in [-0.2, -0.15) is 13.2 Å². The molecule has 0 fully saturated rings. The van der Waals surface area contributed by atoms with Crippen molar-refractivity contribution in [3.05, 3.63) is 54.0 Å². The van der Waals surface area contributed by atoms with Crippen molar-refractivity contribution >= 4 is 22.9 Å². The minimum atomic E-state index is -4.66. The van der Waals surface area contributed by atoms with Gasteiger partial charge in [0, 0.05) is 17.6 Å². The summed E-state index contributed by atoms with van der Waals surface area (Å²) >= 11 is 0. The topological polar surface area (TPSA) is 85.3 Å². The number of amides is 1. The van der Waals surface area contributed by atoms with Crippen LogP contribution in [-0.4, -0.2) is 20.5 Å². The lowest BCUT2D eigenvalue weighted by atomic mass is 10.2. The number of carbonyl (C=O) groups is 1. The lowest BCUT2D eigenvalue weighted by molar-refractivity contribution is -0.145. The number of hydrogen-bond acceptors (Lipinski definition) is 4. The summed E-state index contributed by atoms with van der Waals surface area (Å²) in [6.45, 7) is 0. The van der Waals surface area contributed by atoms with Gasteiger partial charge in [0.15, 0.2) is 5.65 Å². The quantitative estimate of drug-likeness (QED) is 0.710. The van der Waals surface area contributed by atoms with E-state index in [0.717, 1.165) is 10.6 Å². The first kappa shape index (κ1) is 14.8. The van der Waals surface area contributed by atoms with Gasteiger partial charge >= 0.3 is 6.18 Å². The fraction of sp³-hybridized carbons (Fsp3) is 0.0714. The molecule has 0 bridgehead atoms. The van der Waals surface area contributed by atoms with Crippen LogP contribution in [0.4, 0.5) is 24.5 Å². The van der Waals surface area contributed by atoms with E-state index in [1.807, 2.05) is 0 Å². The third-order valence-corrected chi connectivity index (χ3v) is 3.06. The fourth-order valence-electron chi connectivity index (χ4n) is 2.04. The van der Waals surface area contributed by atoms with Crippen molar-refractivity contribution < 1.29 is 18.0 Å². The molecular weight excluding hydrogens is 311 g/mol. The first-order valence-electron chi connectivity index (χ1n) is 6.43. The van der Waals surface area contributed by atoms with Crippen molar-refractivity contribution in [2.45, 2.75) is 6.18 Å². The highest BCUT2D eigenvalue weighted by Crippen LogP contribution is 2.28. The predicted octanol–water partition coefficient (Wildman–Crippen LogP) is 2.58. The highest BCUT2D eigenvalue weighted by Gasteiger charge is 2.37. The van der Waals surface area contributed by atoms with Crippen LogP contribution in [0.5, 0.6) is 0 Å². The first-order valence-corrected chi connectivity index (χ1v) is 6.43. The number of benzene rings is 1. The summed E-state index contributed by atoms with van der Waals surface area (Å²) in [6.07, 6.45) is -3.62. The molecule has 2 heterocycles. The molecular formula is C14H10F3N5O. The summed E-state index contributed by atoms with van der Waals surface area (Å²) < 4.78 is 39.2. The molecule has 0 aliphatic heterocycles. The van der Waals surface area contributed by atoms with Crippen molar-refractivity contribution in [1.29, 1.82) is 0 Å². The zero-order chi connectivity index (χ0) is 16.6. The summed E-state index contributed by atoms with van der Waals surface area (Å²) in [7, 11) is 0. The molecule has 0 saturated heterocycles. The maximum absolute atomic E-state index is 12.8. The number of nitrogen functional groups attached to an aromatic ring is 1. The van der Waals surface area contributed by atoms with Crippen LogP contribution in [0.2, 0.25) is 0 Å². The normalized spacial score (nSPS) is 11.6. The molecule has 23 heavy (non-hydrogen) atoms. The van der Waals surface area contributed by atoms with Gasteiger partial charge in [-0.3, -0.25) is 9.20 Å². The SMILES string of the molecule is Nc1cccc(NC(=O)c2ccc3nnc(C(F)(F)F)n3c2)c1. The molecule has 1 aromatic carbocycles. The number of nitrogens with zero attached hydrogens (tertiary/aromatic N) is 3. The monoisotopic (exact) mass is 321 g/mol. The second-order valence-electron chi connectivity index (χ2n) is 4.75. The molecule has 3 N–H and O–H groups in total. The zero-order valence-corrected chi connectivity index (χ0v) is 11.5. The van der Waals surface area contributed by atoms with Gasteiger partial charge in [0.05, 0.1) is 5.56 Å². The Bertz CT molecular complexity index is 887. The number of aromatic nitrogens is 3. The van der Waals surface area contributed by atoms with Crippen molar-refractivity contribution in [3.8, 4) is 0 Å². The Hall–Kier alpha value is -3.10. The van der Waals surface area contributed by atoms with Crippen LogP contribution in [0.1, 0.15) is 16.2 Å². The van der Waals surface area contributed by atoms with Crippen LogP contribution in [0.3, 0.4) is 0 Å². The highest BCUT2D eigenvalue weighted by atomic mass is 19.4. The third kappa shape index (κ3) is 2.93. The summed E-state index contributed by atoms with van der Waals surface area (Å²) in [5, 5.41) is 9.09. The van der Waals surface area contributed by atoms with Gasteiger partial charge in [-0.15, -0.1) is 10.2 Å². The molecule has 9 heteroatoms. The van der Waals surface area contributed by atoms with Crippen LogP contribution in [0, 0.1) is 0 Å². The standard InChI is InChI=1S/C14H10F3N5O/c15-14(16,17)13-21-20-11-5-4-8(7-22(11)13)12(23)19-10-3-1-2-9(18)6-10/h1-7H,18H2,(H,19,23). The Labute approximate surface area is 127 Å². The van der Waals surface area contributed by atoms with Crippen LogP contribution >= 0.6 is 0 Å². The minimum Gasteiger partial charge on any atom is -0.399 e. The number of rotatable bonds is 2. The second kappa shape index (κ2) is 5.27. The van der Waals surface area contributed by atoms with Gasteiger partial charge < -0.3 is 11.1 Å². The number of hydrogen-bond donors (Lipinski definition) is 2. The lowest BCUT2D eigenvalue weighted by Gasteiger charge is -2.08. The molecule has 118 valence electrons. The Balaban J connectivity index is 1.95. The molecule has 0 saturated carbocycles. The van der Waals surface area contributed by atoms with Gasteiger partial charge in [-0.1, -0.05) is 6.07 Å². The molecule has 0 unspecified atom stereocenters. The molecule has 3 rings (SSSR count). The Kier molecular flexibility index (Phi) is 3.40. The first-order chi connectivity index (χ1) is 10.8. The van der Waals surface area contributed by atoms with Crippen LogP contribution < -0.4 is 11.1 Å². The van der Waals surface area contributed by atoms with Gasteiger partial charge in [0.1, 0.15) is 0 Å². The van der Waals surface area contributed by atoms with E-state index in [2.05, 4.69) is 15.5 Å². The van der Waals surface area contributed by atoms with Crippen LogP contribution in [0.15, 0.2) is 42.6 Å². The summed E-state index contributed by atoms with van der Waals surface area (Å²) in [6, 6.07) is 9.11. The number of pyridine rings is 1.